The number of piperazine rings is 1. The van der Waals surface area contributed by atoms with Crippen LogP contribution in [-0.2, 0) is 16.0 Å². The molecule has 4 heterocycles. The van der Waals surface area contributed by atoms with Crippen LogP contribution in [0.4, 0.5) is 10.5 Å². The van der Waals surface area contributed by atoms with Crippen LogP contribution in [0.25, 0.3) is 10.9 Å². The lowest BCUT2D eigenvalue weighted by molar-refractivity contribution is -0.00753. The molecule has 1 N–H and O–H groups in total. The van der Waals surface area contributed by atoms with Gasteiger partial charge < -0.3 is 19.3 Å². The maximum Gasteiger partial charge on any atom is 0.410 e. The summed E-state index contributed by atoms with van der Waals surface area (Å²) >= 11 is 0. The van der Waals surface area contributed by atoms with Gasteiger partial charge in [-0.15, -0.1) is 0 Å². The first-order valence-corrected chi connectivity index (χ1v) is 14.7. The second-order valence-corrected chi connectivity index (χ2v) is 13.1. The molecule has 42 heavy (non-hydrogen) atoms. The molecular formula is C33H40N6O3. The molecule has 1 aromatic heterocycles. The highest BCUT2D eigenvalue weighted by Gasteiger charge is 2.50. The minimum atomic E-state index is -0.563. The number of carbonyl (C=O) groups is 1. The highest BCUT2D eigenvalue weighted by molar-refractivity contribution is 5.95. The number of aryl methyl sites for hydroxylation is 1. The number of carbonyl (C=O) groups excluding carboxylic acids is 1. The lowest BCUT2D eigenvalue weighted by Gasteiger charge is -2.53. The Balaban J connectivity index is 1.36. The van der Waals surface area contributed by atoms with Gasteiger partial charge in [-0.1, -0.05) is 23.8 Å². The second kappa shape index (κ2) is 10.5. The van der Waals surface area contributed by atoms with Crippen LogP contribution in [0.2, 0.25) is 0 Å². The number of benzene rings is 2. The molecule has 0 radical (unpaired) electrons. The van der Waals surface area contributed by atoms with Crippen LogP contribution in [0.5, 0.6) is 0 Å². The third kappa shape index (κ3) is 5.08. The van der Waals surface area contributed by atoms with E-state index in [9.17, 15) is 10.1 Å². The van der Waals surface area contributed by atoms with Crippen molar-refractivity contribution in [1.82, 2.24) is 20.1 Å². The summed E-state index contributed by atoms with van der Waals surface area (Å²) < 4.78 is 11.6. The quantitative estimate of drug-likeness (QED) is 0.483. The zero-order valence-corrected chi connectivity index (χ0v) is 25.3. The Labute approximate surface area is 248 Å². The zero-order valence-electron chi connectivity index (χ0n) is 25.3. The van der Waals surface area contributed by atoms with E-state index in [-0.39, 0.29) is 24.3 Å². The zero-order chi connectivity index (χ0) is 29.8. The van der Waals surface area contributed by atoms with Crippen molar-refractivity contribution in [2.45, 2.75) is 70.6 Å². The van der Waals surface area contributed by atoms with Crippen LogP contribution in [0.1, 0.15) is 56.0 Å². The molecular weight excluding hydrogens is 528 g/mol. The fourth-order valence-electron chi connectivity index (χ4n) is 6.94. The summed E-state index contributed by atoms with van der Waals surface area (Å²) in [6.45, 7) is 13.4. The number of nitriles is 1. The lowest BCUT2D eigenvalue weighted by Crippen LogP contribution is -2.69. The van der Waals surface area contributed by atoms with Gasteiger partial charge >= 0.3 is 6.09 Å². The van der Waals surface area contributed by atoms with Gasteiger partial charge in [0.2, 0.25) is 0 Å². The molecule has 4 atom stereocenters. The molecule has 3 aromatic rings. The number of hydrogen-bond donors (Lipinski definition) is 1. The van der Waals surface area contributed by atoms with Crippen molar-refractivity contribution in [1.29, 1.82) is 5.26 Å². The average Bonchev–Trinajstić information content (AvgIpc) is 3.53. The fraction of sp³-hybridized carbons (Fsp3) is 0.485. The normalized spacial score (nSPS) is 25.8. The number of hydrogen-bond acceptors (Lipinski definition) is 8. The van der Waals surface area contributed by atoms with Gasteiger partial charge in [0.1, 0.15) is 11.7 Å². The smallest absolute Gasteiger partial charge is 0.410 e. The lowest BCUT2D eigenvalue weighted by atomic mass is 9.95. The molecule has 9 heteroatoms. The Hall–Kier alpha value is -3.71. The molecule has 9 nitrogen and oxygen atoms in total. The minimum absolute atomic E-state index is 0.0852. The molecule has 3 aliphatic rings. The van der Waals surface area contributed by atoms with Crippen molar-refractivity contribution < 1.29 is 14.3 Å². The van der Waals surface area contributed by atoms with Gasteiger partial charge in [-0.25, -0.2) is 4.79 Å². The molecule has 0 bridgehead atoms. The van der Waals surface area contributed by atoms with E-state index in [0.29, 0.717) is 25.2 Å². The number of ether oxygens (including phenoxy) is 2. The number of pyridine rings is 1. The predicted molar refractivity (Wildman–Crippen MR) is 162 cm³/mol. The van der Waals surface area contributed by atoms with Crippen molar-refractivity contribution in [3.05, 3.63) is 70.9 Å². The standard InChI is InChI=1S/C33H40N6O3/c1-21-9-10-23-16-39-28(25(23)14-21)18-38(27-12-11-22(15-34)30-24(27)8-7-13-35-30)20-33(39,5)36-26-17-37(19-29(26)41-6)31(40)42-32(2,3)4/h7-14,26,28-29,36H,16-20H2,1-6H3/t26-,28-,29-,33-/m1/s1. The van der Waals surface area contributed by atoms with Crippen LogP contribution in [0, 0.1) is 18.3 Å². The SMILES string of the molecule is CO[C@@H]1CN(C(=O)OC(C)(C)C)C[C@H]1N[C@@]1(C)CN(c2ccc(C#N)c3ncccc23)C[C@@H]2c3cc(C)ccc3CN21. The van der Waals surface area contributed by atoms with Crippen molar-refractivity contribution in [2.24, 2.45) is 0 Å². The number of nitrogens with zero attached hydrogens (tertiary/aromatic N) is 5. The third-order valence-electron chi connectivity index (χ3n) is 8.83. The van der Waals surface area contributed by atoms with E-state index in [2.05, 4.69) is 70.3 Å². The van der Waals surface area contributed by atoms with Crippen molar-refractivity contribution in [3.63, 3.8) is 0 Å². The van der Waals surface area contributed by atoms with Gasteiger partial charge in [0.05, 0.1) is 41.5 Å². The summed E-state index contributed by atoms with van der Waals surface area (Å²) in [7, 11) is 1.71. The first-order chi connectivity index (χ1) is 20.0. The Bertz CT molecular complexity index is 1560. The molecule has 220 valence electrons. The highest BCUT2D eigenvalue weighted by atomic mass is 16.6. The first kappa shape index (κ1) is 28.4. The van der Waals surface area contributed by atoms with Gasteiger partial charge in [0.15, 0.2) is 0 Å². The van der Waals surface area contributed by atoms with Gasteiger partial charge in [-0.2, -0.15) is 5.26 Å². The van der Waals surface area contributed by atoms with E-state index in [1.165, 1.54) is 16.7 Å². The molecule has 2 fully saturated rings. The molecule has 1 amide bonds. The van der Waals surface area contributed by atoms with Gasteiger partial charge in [-0.3, -0.25) is 15.2 Å². The predicted octanol–water partition coefficient (Wildman–Crippen LogP) is 4.73. The number of nitrogens with one attached hydrogen (secondary N) is 1. The van der Waals surface area contributed by atoms with Crippen LogP contribution < -0.4 is 10.2 Å². The van der Waals surface area contributed by atoms with Crippen LogP contribution in [0.15, 0.2) is 48.7 Å². The molecule has 3 aliphatic heterocycles. The average molecular weight is 569 g/mol. The van der Waals surface area contributed by atoms with Crippen molar-refractivity contribution in [2.75, 3.05) is 38.2 Å². The summed E-state index contributed by atoms with van der Waals surface area (Å²) in [5, 5.41) is 14.7. The van der Waals surface area contributed by atoms with Crippen LogP contribution in [0.3, 0.4) is 0 Å². The minimum Gasteiger partial charge on any atom is -0.444 e. The summed E-state index contributed by atoms with van der Waals surface area (Å²) in [5.41, 5.74) is 5.29. The molecule has 0 unspecified atom stereocenters. The highest BCUT2D eigenvalue weighted by Crippen LogP contribution is 2.44. The summed E-state index contributed by atoms with van der Waals surface area (Å²) in [6, 6.07) is 17.1. The van der Waals surface area contributed by atoms with Crippen molar-refractivity contribution >= 4 is 22.7 Å². The number of likely N-dealkylation sites (tertiary alicyclic amines) is 1. The Kier molecular flexibility index (Phi) is 7.12. The number of amides is 1. The van der Waals surface area contributed by atoms with E-state index >= 15 is 0 Å². The fourth-order valence-corrected chi connectivity index (χ4v) is 6.94. The molecule has 2 aromatic carbocycles. The first-order valence-electron chi connectivity index (χ1n) is 14.7. The van der Waals surface area contributed by atoms with E-state index in [1.807, 2.05) is 32.9 Å². The largest absolute Gasteiger partial charge is 0.444 e. The molecule has 0 saturated carbocycles. The number of anilines is 1. The molecule has 0 aliphatic carbocycles. The molecule has 6 rings (SSSR count). The monoisotopic (exact) mass is 568 g/mol. The Morgan fingerprint density at radius 3 is 2.71 bits per heavy atom. The summed E-state index contributed by atoms with van der Waals surface area (Å²) in [6.07, 6.45) is 1.26. The molecule has 0 spiro atoms. The third-order valence-corrected chi connectivity index (χ3v) is 8.83. The van der Waals surface area contributed by atoms with Gasteiger partial charge in [0, 0.05) is 50.6 Å². The Morgan fingerprint density at radius 1 is 1.17 bits per heavy atom. The maximum atomic E-state index is 13.0. The number of methoxy groups -OCH3 is 1. The second-order valence-electron chi connectivity index (χ2n) is 13.1. The summed E-state index contributed by atoms with van der Waals surface area (Å²) in [4.78, 5) is 24.3. The van der Waals surface area contributed by atoms with E-state index < -0.39 is 11.3 Å². The van der Waals surface area contributed by atoms with E-state index in [0.717, 1.165) is 29.7 Å². The Morgan fingerprint density at radius 2 is 1.98 bits per heavy atom. The van der Waals surface area contributed by atoms with Gasteiger partial charge in [-0.05, 0) is 70.0 Å². The van der Waals surface area contributed by atoms with Crippen LogP contribution in [-0.4, -0.2) is 77.6 Å². The van der Waals surface area contributed by atoms with Crippen LogP contribution >= 0.6 is 0 Å². The topological polar surface area (TPSA) is 94.0 Å². The maximum absolute atomic E-state index is 13.0. The molecule has 2 saturated heterocycles. The number of fused-ring (bicyclic) bond motifs is 4. The number of aromatic nitrogens is 1. The van der Waals surface area contributed by atoms with Crippen molar-refractivity contribution in [3.8, 4) is 6.07 Å². The van der Waals surface area contributed by atoms with E-state index in [4.69, 9.17) is 9.47 Å². The van der Waals surface area contributed by atoms with Gasteiger partial charge in [0.25, 0.3) is 0 Å². The number of rotatable bonds is 4. The van der Waals surface area contributed by atoms with E-state index in [1.54, 1.807) is 18.2 Å². The summed E-state index contributed by atoms with van der Waals surface area (Å²) in [5.74, 6) is 0.